The molecule has 0 N–H and O–H groups in total. The lowest BCUT2D eigenvalue weighted by Gasteiger charge is -2.44. The van der Waals surface area contributed by atoms with Crippen LogP contribution in [0.25, 0.3) is 0 Å². The van der Waals surface area contributed by atoms with E-state index >= 15 is 0 Å². The van der Waals surface area contributed by atoms with Gasteiger partial charge in [0, 0.05) is 18.5 Å². The van der Waals surface area contributed by atoms with Crippen LogP contribution in [0.3, 0.4) is 0 Å². The normalized spacial score (nSPS) is 19.1. The summed E-state index contributed by atoms with van der Waals surface area (Å²) in [5, 5.41) is 12.0. The van der Waals surface area contributed by atoms with Crippen LogP contribution in [0.4, 0.5) is 19.3 Å². The number of hydrogen-bond acceptors (Lipinski definition) is 10. The number of ether oxygens (including phenoxy) is 5. The number of piperidine rings is 3. The predicted molar refractivity (Wildman–Crippen MR) is 204 cm³/mol. The lowest BCUT2D eigenvalue weighted by atomic mass is 9.86. The summed E-state index contributed by atoms with van der Waals surface area (Å²) >= 11 is 12.8. The molecule has 4 aliphatic rings. The lowest BCUT2D eigenvalue weighted by molar-refractivity contribution is -0.605. The smallest absolute Gasteiger partial charge is 0.415 e. The fourth-order valence-electron chi connectivity index (χ4n) is 7.11. The van der Waals surface area contributed by atoms with Gasteiger partial charge in [0.05, 0.1) is 24.4 Å². The molecule has 1 saturated carbocycles. The maximum absolute atomic E-state index is 13.8. The lowest BCUT2D eigenvalue weighted by Crippen LogP contribution is -2.53. The zero-order chi connectivity index (χ0) is 40.1. The first-order chi connectivity index (χ1) is 27.5. The molecule has 1 amide bonds. The molecule has 57 heavy (non-hydrogen) atoms. The number of aromatic nitrogens is 1. The van der Waals surface area contributed by atoms with Crippen molar-refractivity contribution in [2.75, 3.05) is 31.1 Å². The third-order valence-corrected chi connectivity index (χ3v) is 11.0. The van der Waals surface area contributed by atoms with Crippen LogP contribution in [0.2, 0.25) is 10.0 Å². The molecular formula is C41H39Cl2F2N3O9. The minimum absolute atomic E-state index is 0.0124. The zero-order valence-electron chi connectivity index (χ0n) is 30.6. The molecular weight excluding hydrogens is 787 g/mol. The van der Waals surface area contributed by atoms with Crippen molar-refractivity contribution in [3.8, 4) is 17.2 Å². The van der Waals surface area contributed by atoms with Crippen molar-refractivity contribution in [2.24, 2.45) is 11.8 Å². The molecule has 3 aliphatic heterocycles. The van der Waals surface area contributed by atoms with E-state index in [1.54, 1.807) is 36.4 Å². The Hall–Kier alpha value is -5.18. The minimum atomic E-state index is -3.10. The molecule has 8 rings (SSSR count). The Morgan fingerprint density at radius 1 is 0.947 bits per heavy atom. The fourth-order valence-corrected chi connectivity index (χ4v) is 7.70. The van der Waals surface area contributed by atoms with Crippen LogP contribution in [-0.2, 0) is 27.2 Å². The number of esters is 1. The van der Waals surface area contributed by atoms with E-state index in [1.165, 1.54) is 35.2 Å². The molecule has 12 nitrogen and oxygen atoms in total. The molecule has 3 aromatic carbocycles. The Bertz CT molecular complexity index is 2060. The first-order valence-electron chi connectivity index (χ1n) is 18.5. The highest BCUT2D eigenvalue weighted by Crippen LogP contribution is 2.39. The molecule has 300 valence electrons. The number of anilines is 1. The maximum Gasteiger partial charge on any atom is 0.415 e. The Balaban J connectivity index is 1.13. The molecule has 4 aromatic rings. The molecule has 2 bridgehead atoms. The third-order valence-electron chi connectivity index (χ3n) is 10.4. The van der Waals surface area contributed by atoms with Crippen LogP contribution in [-0.4, -0.2) is 62.4 Å². The summed E-state index contributed by atoms with van der Waals surface area (Å²) in [5.41, 5.74) is 1.78. The quantitative estimate of drug-likeness (QED) is 0.0475. The molecule has 3 saturated heterocycles. The van der Waals surface area contributed by atoms with Gasteiger partial charge in [-0.1, -0.05) is 53.5 Å². The monoisotopic (exact) mass is 825 g/mol. The predicted octanol–water partition coefficient (Wildman–Crippen LogP) is 7.93. The molecule has 4 fully saturated rings. The van der Waals surface area contributed by atoms with E-state index in [0.717, 1.165) is 51.2 Å². The number of benzene rings is 3. The minimum Gasteiger partial charge on any atom is -0.619 e. The number of rotatable bonds is 16. The van der Waals surface area contributed by atoms with Gasteiger partial charge < -0.3 is 28.9 Å². The van der Waals surface area contributed by atoms with Crippen molar-refractivity contribution in [1.29, 1.82) is 0 Å². The number of alkyl halides is 2. The topological polar surface area (TPSA) is 131 Å². The Morgan fingerprint density at radius 2 is 1.67 bits per heavy atom. The number of hydrogen-bond donors (Lipinski definition) is 0. The first kappa shape index (κ1) is 40.0. The van der Waals surface area contributed by atoms with E-state index in [9.17, 15) is 28.4 Å². The van der Waals surface area contributed by atoms with Gasteiger partial charge in [-0.05, 0) is 98.1 Å². The van der Waals surface area contributed by atoms with Crippen molar-refractivity contribution in [2.45, 2.75) is 57.5 Å². The van der Waals surface area contributed by atoms with Crippen LogP contribution < -0.4 is 23.8 Å². The maximum atomic E-state index is 13.8. The summed E-state index contributed by atoms with van der Waals surface area (Å²) in [5.74, 6) is -0.148. The Labute approximate surface area is 337 Å². The summed E-state index contributed by atoms with van der Waals surface area (Å²) in [6.45, 7) is 0.0969. The van der Waals surface area contributed by atoms with Crippen molar-refractivity contribution in [3.05, 3.63) is 117 Å². The van der Waals surface area contributed by atoms with Gasteiger partial charge in [-0.2, -0.15) is 13.5 Å². The van der Waals surface area contributed by atoms with Gasteiger partial charge in [-0.3, -0.25) is 14.6 Å². The van der Waals surface area contributed by atoms with Crippen molar-refractivity contribution >= 4 is 47.4 Å². The van der Waals surface area contributed by atoms with Gasteiger partial charge in [-0.15, -0.1) is 0 Å². The Morgan fingerprint density at radius 3 is 2.32 bits per heavy atom. The van der Waals surface area contributed by atoms with Gasteiger partial charge in [0.2, 0.25) is 0 Å². The van der Waals surface area contributed by atoms with Gasteiger partial charge >= 0.3 is 18.7 Å². The molecule has 2 atom stereocenters. The Kier molecular flexibility index (Phi) is 12.6. The van der Waals surface area contributed by atoms with Crippen molar-refractivity contribution < 1.29 is 51.6 Å². The van der Waals surface area contributed by atoms with Gasteiger partial charge in [-0.25, -0.2) is 9.59 Å². The van der Waals surface area contributed by atoms with Gasteiger partial charge in [0.25, 0.3) is 6.47 Å². The first-order valence-corrected chi connectivity index (χ1v) is 19.3. The van der Waals surface area contributed by atoms with E-state index in [-0.39, 0.29) is 64.3 Å². The third kappa shape index (κ3) is 10.0. The van der Waals surface area contributed by atoms with Gasteiger partial charge in [0.15, 0.2) is 29.6 Å². The summed E-state index contributed by atoms with van der Waals surface area (Å²) < 4.78 is 54.9. The summed E-state index contributed by atoms with van der Waals surface area (Å²) in [4.78, 5) is 42.7. The largest absolute Gasteiger partial charge is 0.619 e. The standard InChI is InChI=1S/C41H39Cl2F2N3O9/c42-31-20-47(52)21-32(43)30(31)18-36(29-11-12-35(56-40(44)45)37(17-29)53-23-26-5-6-26)55-39(50)28-9-7-25(8-10-28)19-48(33-3-1-2-4-34(33)54-24-49)41(51)57-38-22-46-15-13-27(38)14-16-46/h1-4,7-12,17,20-21,24,26-27,36,38,40H,5-6,13-16,18-19,22-23H2/t36-,38-/m0/s1. The molecule has 16 heteroatoms. The number of nitrogens with zero attached hydrogens (tertiary/aromatic N) is 3. The second-order valence-electron chi connectivity index (χ2n) is 14.3. The number of amides is 1. The average Bonchev–Trinajstić information content (AvgIpc) is 4.03. The van der Waals surface area contributed by atoms with Crippen LogP contribution in [0.1, 0.15) is 58.8 Å². The fraction of sp³-hybridized carbons (Fsp3) is 0.366. The molecule has 1 aliphatic carbocycles. The second-order valence-corrected chi connectivity index (χ2v) is 15.1. The van der Waals surface area contributed by atoms with Crippen molar-refractivity contribution in [1.82, 2.24) is 4.90 Å². The van der Waals surface area contributed by atoms with E-state index in [4.69, 9.17) is 46.9 Å². The number of fused-ring (bicyclic) bond motifs is 3. The molecule has 0 spiro atoms. The number of pyridine rings is 1. The summed E-state index contributed by atoms with van der Waals surface area (Å²) in [6, 6.07) is 17.2. The molecule has 0 unspecified atom stereocenters. The van der Waals surface area contributed by atoms with Gasteiger partial charge in [0.1, 0.15) is 22.3 Å². The number of carbonyl (C=O) groups excluding carboxylic acids is 3. The number of halogens is 4. The second kappa shape index (κ2) is 18.0. The average molecular weight is 827 g/mol. The van der Waals surface area contributed by atoms with E-state index in [1.807, 2.05) is 0 Å². The summed E-state index contributed by atoms with van der Waals surface area (Å²) in [7, 11) is 0. The van der Waals surface area contributed by atoms with E-state index < -0.39 is 24.8 Å². The molecule has 4 heterocycles. The van der Waals surface area contributed by atoms with E-state index in [0.29, 0.717) is 46.2 Å². The number of para-hydroxylation sites is 2. The van der Waals surface area contributed by atoms with Crippen LogP contribution in [0.15, 0.2) is 79.1 Å². The SMILES string of the molecule is O=COc1ccccc1N(Cc1ccc(C(=O)O[C@@H](Cc2c(Cl)c[n+]([O-])cc2Cl)c2ccc(OC(F)F)c(OCC3CC3)c2)cc1)C(=O)O[C@H]1CN2CCC1CC2. The van der Waals surface area contributed by atoms with E-state index in [2.05, 4.69) is 4.90 Å². The highest BCUT2D eigenvalue weighted by Gasteiger charge is 2.38. The summed E-state index contributed by atoms with van der Waals surface area (Å²) in [6.07, 6.45) is 3.99. The van der Waals surface area contributed by atoms with Crippen LogP contribution >= 0.6 is 23.2 Å². The zero-order valence-corrected chi connectivity index (χ0v) is 32.1. The highest BCUT2D eigenvalue weighted by molar-refractivity contribution is 6.35. The number of carbonyl (C=O) groups is 3. The van der Waals surface area contributed by atoms with Crippen LogP contribution in [0.5, 0.6) is 17.2 Å². The van der Waals surface area contributed by atoms with Crippen molar-refractivity contribution in [3.63, 3.8) is 0 Å². The molecule has 1 aromatic heterocycles. The van der Waals surface area contributed by atoms with Crippen LogP contribution in [0, 0.1) is 17.0 Å². The highest BCUT2D eigenvalue weighted by atomic mass is 35.5. The molecule has 0 radical (unpaired) electrons.